The minimum absolute atomic E-state index is 0.208. The van der Waals surface area contributed by atoms with Crippen LogP contribution in [0.4, 0.5) is 11.8 Å². The first-order valence-electron chi connectivity index (χ1n) is 5.82. The monoisotopic (exact) mass is 288 g/mol. The fourth-order valence-corrected chi connectivity index (χ4v) is 2.13. The first-order valence-corrected chi connectivity index (χ1v) is 5.82. The second kappa shape index (κ2) is 5.34. The number of nitrogens with zero attached hydrogens (tertiary/aromatic N) is 1. The number of hydrogen-bond donors (Lipinski definition) is 7. The molecule has 0 amide bonds. The molecule has 1 aliphatic heterocycles. The first-order chi connectivity index (χ1) is 9.36. The molecule has 1 fully saturated rings. The largest absolute Gasteiger partial charge is 0.394 e. The molecule has 0 bridgehead atoms. The highest BCUT2D eigenvalue weighted by atomic mass is 16.5. The lowest BCUT2D eigenvalue weighted by atomic mass is 9.92. The Morgan fingerprint density at radius 1 is 1.20 bits per heavy atom. The number of H-pyrrole nitrogens is 1. The van der Waals surface area contributed by atoms with Crippen molar-refractivity contribution in [3.63, 3.8) is 0 Å². The van der Waals surface area contributed by atoms with E-state index in [1.54, 1.807) is 0 Å². The summed E-state index contributed by atoms with van der Waals surface area (Å²) in [4.78, 5) is 17.7. The smallest absolute Gasteiger partial charge is 0.260 e. The third-order valence-corrected chi connectivity index (χ3v) is 3.18. The summed E-state index contributed by atoms with van der Waals surface area (Å²) >= 11 is 0. The second-order valence-corrected chi connectivity index (χ2v) is 4.50. The summed E-state index contributed by atoms with van der Waals surface area (Å²) in [6, 6.07) is 0. The zero-order chi connectivity index (χ0) is 15.0. The standard InChI is InChI=1S/C10H16N4O6/c11-8-3(9(19)14-10(12)13-8)7-6(18)5(17)4(16)2(1-15)20-7/h2,4-7,15-18H,1H2,(H5,11,12,13,14,19)/t2-,4-,5+,6-,7+/m1/s1. The zero-order valence-corrected chi connectivity index (χ0v) is 10.3. The van der Waals surface area contributed by atoms with Crippen LogP contribution in [-0.4, -0.2) is 61.4 Å². The quantitative estimate of drug-likeness (QED) is 0.289. The van der Waals surface area contributed by atoms with Crippen molar-refractivity contribution in [2.24, 2.45) is 0 Å². The van der Waals surface area contributed by atoms with Crippen LogP contribution in [0.1, 0.15) is 11.7 Å². The number of nitrogens with two attached hydrogens (primary N) is 2. The van der Waals surface area contributed by atoms with Gasteiger partial charge in [-0.05, 0) is 0 Å². The molecule has 5 atom stereocenters. The molecule has 1 aromatic heterocycles. The van der Waals surface area contributed by atoms with Crippen LogP contribution in [0.25, 0.3) is 0 Å². The van der Waals surface area contributed by atoms with Crippen molar-refractivity contribution in [2.45, 2.75) is 30.5 Å². The first kappa shape index (κ1) is 14.7. The summed E-state index contributed by atoms with van der Waals surface area (Å²) in [5, 5.41) is 38.3. The van der Waals surface area contributed by atoms with Crippen LogP contribution < -0.4 is 17.0 Å². The van der Waals surface area contributed by atoms with E-state index in [1.165, 1.54) is 0 Å². The lowest BCUT2D eigenvalue weighted by Gasteiger charge is -2.39. The van der Waals surface area contributed by atoms with E-state index in [0.29, 0.717) is 0 Å². The zero-order valence-electron chi connectivity index (χ0n) is 10.3. The molecular formula is C10H16N4O6. The van der Waals surface area contributed by atoms with Crippen molar-refractivity contribution in [3.8, 4) is 0 Å². The Kier molecular flexibility index (Phi) is 3.92. The number of aliphatic hydroxyl groups is 4. The van der Waals surface area contributed by atoms with Gasteiger partial charge in [-0.25, -0.2) is 0 Å². The maximum atomic E-state index is 11.8. The van der Waals surface area contributed by atoms with Crippen molar-refractivity contribution in [3.05, 3.63) is 15.9 Å². The van der Waals surface area contributed by atoms with E-state index in [0.717, 1.165) is 0 Å². The average molecular weight is 288 g/mol. The summed E-state index contributed by atoms with van der Waals surface area (Å²) < 4.78 is 5.23. The summed E-state index contributed by atoms with van der Waals surface area (Å²) in [7, 11) is 0. The van der Waals surface area contributed by atoms with Gasteiger partial charge >= 0.3 is 0 Å². The molecule has 0 saturated carbocycles. The van der Waals surface area contributed by atoms with Crippen LogP contribution in [0.15, 0.2) is 4.79 Å². The molecule has 1 aromatic rings. The lowest BCUT2D eigenvalue weighted by molar-refractivity contribution is -0.231. The molecule has 0 unspecified atom stereocenters. The number of aliphatic hydroxyl groups excluding tert-OH is 4. The molecule has 0 radical (unpaired) electrons. The van der Waals surface area contributed by atoms with Gasteiger partial charge in [0.15, 0.2) is 0 Å². The highest BCUT2D eigenvalue weighted by molar-refractivity contribution is 5.43. The highest BCUT2D eigenvalue weighted by Gasteiger charge is 2.45. The molecule has 2 rings (SSSR count). The number of aromatic amines is 1. The minimum atomic E-state index is -1.61. The molecule has 1 aliphatic rings. The molecule has 0 aromatic carbocycles. The van der Waals surface area contributed by atoms with Gasteiger partial charge in [0, 0.05) is 0 Å². The lowest BCUT2D eigenvalue weighted by Crippen LogP contribution is -2.56. The van der Waals surface area contributed by atoms with E-state index in [4.69, 9.17) is 21.3 Å². The van der Waals surface area contributed by atoms with Gasteiger partial charge in [-0.1, -0.05) is 0 Å². The molecule has 1 saturated heterocycles. The Balaban J connectivity index is 2.44. The van der Waals surface area contributed by atoms with Crippen LogP contribution in [-0.2, 0) is 4.74 Å². The third kappa shape index (κ3) is 2.34. The van der Waals surface area contributed by atoms with Gasteiger partial charge in [0.05, 0.1) is 12.2 Å². The fraction of sp³-hybridized carbons (Fsp3) is 0.600. The SMILES string of the molecule is Nc1nc(N)c([C@@H]2O[C@H](CO)[C@@H](O)[C@H](O)[C@H]2O)c(=O)[nH]1. The number of aromatic nitrogens is 2. The van der Waals surface area contributed by atoms with Crippen LogP contribution in [0.5, 0.6) is 0 Å². The van der Waals surface area contributed by atoms with Crippen LogP contribution >= 0.6 is 0 Å². The number of nitrogen functional groups attached to an aromatic ring is 2. The van der Waals surface area contributed by atoms with Crippen LogP contribution in [0.2, 0.25) is 0 Å². The minimum Gasteiger partial charge on any atom is -0.394 e. The number of rotatable bonds is 2. The predicted molar refractivity (Wildman–Crippen MR) is 66.4 cm³/mol. The Labute approximate surface area is 112 Å². The molecule has 112 valence electrons. The number of nitrogens with one attached hydrogen (secondary N) is 1. The van der Waals surface area contributed by atoms with Gasteiger partial charge in [-0.3, -0.25) is 9.78 Å². The Bertz CT molecular complexity index is 547. The van der Waals surface area contributed by atoms with E-state index in [-0.39, 0.29) is 17.3 Å². The Morgan fingerprint density at radius 3 is 2.40 bits per heavy atom. The maximum absolute atomic E-state index is 11.8. The summed E-state index contributed by atoms with van der Waals surface area (Å²) in [6.45, 7) is -0.609. The molecular weight excluding hydrogens is 272 g/mol. The van der Waals surface area contributed by atoms with Crippen LogP contribution in [0.3, 0.4) is 0 Å². The topological polar surface area (TPSA) is 188 Å². The third-order valence-electron chi connectivity index (χ3n) is 3.18. The van der Waals surface area contributed by atoms with Crippen molar-refractivity contribution in [1.29, 1.82) is 0 Å². The predicted octanol–water partition coefficient (Wildman–Crippen LogP) is -3.55. The van der Waals surface area contributed by atoms with Crippen molar-refractivity contribution in [1.82, 2.24) is 9.97 Å². The van der Waals surface area contributed by atoms with Crippen molar-refractivity contribution >= 4 is 11.8 Å². The Hall–Kier alpha value is -1.72. The molecule has 9 N–H and O–H groups in total. The number of anilines is 2. The van der Waals surface area contributed by atoms with E-state index < -0.39 is 42.7 Å². The fourth-order valence-electron chi connectivity index (χ4n) is 2.13. The average Bonchev–Trinajstić information content (AvgIpc) is 2.37. The Morgan fingerprint density at radius 2 is 1.85 bits per heavy atom. The van der Waals surface area contributed by atoms with Gasteiger partial charge < -0.3 is 36.6 Å². The maximum Gasteiger partial charge on any atom is 0.260 e. The van der Waals surface area contributed by atoms with Gasteiger partial charge in [0.25, 0.3) is 5.56 Å². The molecule has 20 heavy (non-hydrogen) atoms. The summed E-state index contributed by atoms with van der Waals surface area (Å²) in [6.07, 6.45) is -7.23. The molecule has 10 nitrogen and oxygen atoms in total. The van der Waals surface area contributed by atoms with Crippen molar-refractivity contribution < 1.29 is 25.2 Å². The van der Waals surface area contributed by atoms with Crippen LogP contribution in [0, 0.1) is 0 Å². The van der Waals surface area contributed by atoms with E-state index in [2.05, 4.69) is 9.97 Å². The van der Waals surface area contributed by atoms with E-state index in [9.17, 15) is 20.1 Å². The highest BCUT2D eigenvalue weighted by Crippen LogP contribution is 2.32. The molecule has 0 aliphatic carbocycles. The summed E-state index contributed by atoms with van der Waals surface area (Å²) in [5.74, 6) is -0.476. The summed E-state index contributed by atoms with van der Waals surface area (Å²) in [5.41, 5.74) is 9.93. The number of hydrogen-bond acceptors (Lipinski definition) is 9. The van der Waals surface area contributed by atoms with Gasteiger partial charge in [-0.2, -0.15) is 4.98 Å². The number of ether oxygens (including phenoxy) is 1. The van der Waals surface area contributed by atoms with E-state index in [1.807, 2.05) is 0 Å². The molecule has 2 heterocycles. The normalized spacial score (nSPS) is 34.1. The van der Waals surface area contributed by atoms with Gasteiger partial charge in [0.2, 0.25) is 5.95 Å². The second-order valence-electron chi connectivity index (χ2n) is 4.50. The van der Waals surface area contributed by atoms with Gasteiger partial charge in [0.1, 0.15) is 36.3 Å². The van der Waals surface area contributed by atoms with Gasteiger partial charge in [-0.15, -0.1) is 0 Å². The van der Waals surface area contributed by atoms with Crippen molar-refractivity contribution in [2.75, 3.05) is 18.1 Å². The van der Waals surface area contributed by atoms with E-state index >= 15 is 0 Å². The molecule has 10 heteroatoms. The molecule has 0 spiro atoms.